The summed E-state index contributed by atoms with van der Waals surface area (Å²) in [5, 5.41) is 0. The molecule has 1 aliphatic heterocycles. The predicted octanol–water partition coefficient (Wildman–Crippen LogP) is 1.56. The fraction of sp³-hybridized carbons (Fsp3) is 0.529. The zero-order valence-electron chi connectivity index (χ0n) is 14.2. The van der Waals surface area contributed by atoms with E-state index in [1.807, 2.05) is 11.8 Å². The molecule has 0 saturated carbocycles. The number of sulfone groups is 1. The van der Waals surface area contributed by atoms with Crippen molar-refractivity contribution in [2.45, 2.75) is 31.1 Å². The van der Waals surface area contributed by atoms with E-state index < -0.39 is 9.84 Å². The molecule has 0 spiro atoms. The van der Waals surface area contributed by atoms with Crippen LogP contribution < -0.4 is 0 Å². The number of rotatable bonds is 4. The maximum absolute atomic E-state index is 12.6. The van der Waals surface area contributed by atoms with Gasteiger partial charge in [-0.25, -0.2) is 8.42 Å². The molecule has 0 unspecified atom stereocenters. The highest BCUT2D eigenvalue weighted by atomic mass is 32.2. The molecule has 6 nitrogen and oxygen atoms in total. The van der Waals surface area contributed by atoms with Crippen LogP contribution >= 0.6 is 0 Å². The maximum Gasteiger partial charge on any atom is 0.253 e. The molecule has 1 aromatic carbocycles. The molecule has 0 aromatic heterocycles. The first-order valence-electron chi connectivity index (χ1n) is 8.20. The lowest BCUT2D eigenvalue weighted by Gasteiger charge is -2.22. The molecule has 1 aliphatic rings. The Morgan fingerprint density at radius 1 is 1.00 bits per heavy atom. The van der Waals surface area contributed by atoms with Crippen molar-refractivity contribution in [3.63, 3.8) is 0 Å². The lowest BCUT2D eigenvalue weighted by atomic mass is 10.2. The van der Waals surface area contributed by atoms with Crippen LogP contribution in [0.2, 0.25) is 0 Å². The van der Waals surface area contributed by atoms with Gasteiger partial charge in [0.25, 0.3) is 5.91 Å². The average Bonchev–Trinajstić information content (AvgIpc) is 2.80. The van der Waals surface area contributed by atoms with Crippen LogP contribution in [-0.4, -0.2) is 62.5 Å². The van der Waals surface area contributed by atoms with E-state index in [1.54, 1.807) is 17.0 Å². The normalized spacial score (nSPS) is 15.9. The van der Waals surface area contributed by atoms with Crippen LogP contribution in [0.5, 0.6) is 0 Å². The number of amides is 2. The smallest absolute Gasteiger partial charge is 0.253 e. The molecular formula is C17H24N2O4S. The van der Waals surface area contributed by atoms with Crippen molar-refractivity contribution in [1.29, 1.82) is 0 Å². The Labute approximate surface area is 143 Å². The quantitative estimate of drug-likeness (QED) is 0.824. The highest BCUT2D eigenvalue weighted by molar-refractivity contribution is 7.90. The van der Waals surface area contributed by atoms with Crippen molar-refractivity contribution >= 4 is 21.7 Å². The topological polar surface area (TPSA) is 74.8 Å². The summed E-state index contributed by atoms with van der Waals surface area (Å²) in [5.41, 5.74) is 0.468. The minimum absolute atomic E-state index is 0.125. The largest absolute Gasteiger partial charge is 0.341 e. The van der Waals surface area contributed by atoms with Crippen LogP contribution in [0, 0.1) is 0 Å². The molecule has 0 aliphatic carbocycles. The highest BCUT2D eigenvalue weighted by Gasteiger charge is 2.22. The summed E-state index contributed by atoms with van der Waals surface area (Å²) in [4.78, 5) is 28.3. The van der Waals surface area contributed by atoms with E-state index in [0.717, 1.165) is 19.1 Å². The van der Waals surface area contributed by atoms with Crippen molar-refractivity contribution in [2.24, 2.45) is 0 Å². The van der Waals surface area contributed by atoms with Crippen molar-refractivity contribution < 1.29 is 18.0 Å². The van der Waals surface area contributed by atoms with Gasteiger partial charge in [0.2, 0.25) is 5.91 Å². The van der Waals surface area contributed by atoms with Crippen LogP contribution in [0.3, 0.4) is 0 Å². The van der Waals surface area contributed by atoms with Crippen molar-refractivity contribution in [3.8, 4) is 0 Å². The molecule has 1 aromatic rings. The predicted molar refractivity (Wildman–Crippen MR) is 91.6 cm³/mol. The molecule has 0 bridgehead atoms. The van der Waals surface area contributed by atoms with E-state index in [2.05, 4.69) is 0 Å². The molecule has 0 radical (unpaired) electrons. The number of hydrogen-bond donors (Lipinski definition) is 0. The van der Waals surface area contributed by atoms with Crippen LogP contribution in [-0.2, 0) is 14.6 Å². The van der Waals surface area contributed by atoms with Crippen molar-refractivity contribution in [2.75, 3.05) is 32.4 Å². The second kappa shape index (κ2) is 7.79. The zero-order valence-corrected chi connectivity index (χ0v) is 15.0. The molecule has 0 atom stereocenters. The van der Waals surface area contributed by atoms with Gasteiger partial charge in [-0.1, -0.05) is 6.92 Å². The molecule has 1 fully saturated rings. The Bertz CT molecular complexity index is 698. The number of carbonyl (C=O) groups is 2. The summed E-state index contributed by atoms with van der Waals surface area (Å²) in [5.74, 6) is 0.0177. The molecule has 132 valence electrons. The Kier molecular flexibility index (Phi) is 5.99. The van der Waals surface area contributed by atoms with Gasteiger partial charge in [-0.2, -0.15) is 0 Å². The van der Waals surface area contributed by atoms with Gasteiger partial charge in [0.1, 0.15) is 0 Å². The monoisotopic (exact) mass is 352 g/mol. The summed E-state index contributed by atoms with van der Waals surface area (Å²) >= 11 is 0. The Hall–Kier alpha value is -1.89. The van der Waals surface area contributed by atoms with E-state index >= 15 is 0 Å². The molecule has 7 heteroatoms. The van der Waals surface area contributed by atoms with Gasteiger partial charge in [-0.15, -0.1) is 0 Å². The molecule has 24 heavy (non-hydrogen) atoms. The second-order valence-corrected chi connectivity index (χ2v) is 8.09. The molecule has 2 rings (SSSR count). The van der Waals surface area contributed by atoms with E-state index in [1.165, 1.54) is 12.1 Å². The molecule has 1 saturated heterocycles. The van der Waals surface area contributed by atoms with Gasteiger partial charge < -0.3 is 9.80 Å². The summed E-state index contributed by atoms with van der Waals surface area (Å²) < 4.78 is 23.0. The third-order valence-electron chi connectivity index (χ3n) is 4.13. The molecule has 2 amide bonds. The van der Waals surface area contributed by atoms with Crippen LogP contribution in [0.1, 0.15) is 36.5 Å². The number of nitrogens with zero attached hydrogens (tertiary/aromatic N) is 2. The van der Waals surface area contributed by atoms with Gasteiger partial charge in [-0.3, -0.25) is 9.59 Å². The zero-order chi connectivity index (χ0) is 17.7. The first kappa shape index (κ1) is 18.4. The van der Waals surface area contributed by atoms with Crippen molar-refractivity contribution in [1.82, 2.24) is 9.80 Å². The van der Waals surface area contributed by atoms with Crippen LogP contribution in [0.25, 0.3) is 0 Å². The number of hydrogen-bond acceptors (Lipinski definition) is 4. The van der Waals surface area contributed by atoms with E-state index in [-0.39, 0.29) is 16.7 Å². The van der Waals surface area contributed by atoms with Gasteiger partial charge in [0.15, 0.2) is 9.84 Å². The van der Waals surface area contributed by atoms with Crippen LogP contribution in [0.15, 0.2) is 29.2 Å². The summed E-state index contributed by atoms with van der Waals surface area (Å²) in [7, 11) is -3.27. The lowest BCUT2D eigenvalue weighted by molar-refractivity contribution is -0.131. The Balaban J connectivity index is 2.04. The highest BCUT2D eigenvalue weighted by Crippen LogP contribution is 2.14. The summed E-state index contributed by atoms with van der Waals surface area (Å²) in [6, 6.07) is 6.00. The van der Waals surface area contributed by atoms with E-state index in [9.17, 15) is 18.0 Å². The van der Waals surface area contributed by atoms with Gasteiger partial charge in [-0.05, 0) is 37.1 Å². The standard InChI is InChI=1S/C17H24N2O4S/c1-3-5-16(20)18-10-4-11-19(13-12-18)17(21)14-6-8-15(9-7-14)24(2,22)23/h6-9H,3-5,10-13H2,1-2H3. The third-order valence-corrected chi connectivity index (χ3v) is 5.26. The minimum Gasteiger partial charge on any atom is -0.341 e. The fourth-order valence-corrected chi connectivity index (χ4v) is 3.40. The third kappa shape index (κ3) is 4.56. The van der Waals surface area contributed by atoms with Gasteiger partial charge >= 0.3 is 0 Å². The summed E-state index contributed by atoms with van der Waals surface area (Å²) in [6.07, 6.45) is 3.26. The Morgan fingerprint density at radius 2 is 1.58 bits per heavy atom. The van der Waals surface area contributed by atoms with Crippen molar-refractivity contribution in [3.05, 3.63) is 29.8 Å². The second-order valence-electron chi connectivity index (χ2n) is 6.07. The minimum atomic E-state index is -3.27. The fourth-order valence-electron chi connectivity index (χ4n) is 2.77. The first-order chi connectivity index (χ1) is 11.3. The van der Waals surface area contributed by atoms with E-state index in [4.69, 9.17) is 0 Å². The van der Waals surface area contributed by atoms with Crippen LogP contribution in [0.4, 0.5) is 0 Å². The number of benzene rings is 1. The van der Waals surface area contributed by atoms with Gasteiger partial charge in [0, 0.05) is 44.4 Å². The first-order valence-corrected chi connectivity index (χ1v) is 10.1. The average molecular weight is 352 g/mol. The Morgan fingerprint density at radius 3 is 2.17 bits per heavy atom. The SMILES string of the molecule is CCCC(=O)N1CCCN(C(=O)c2ccc(S(C)(=O)=O)cc2)CC1. The van der Waals surface area contributed by atoms with E-state index in [0.29, 0.717) is 38.2 Å². The maximum atomic E-state index is 12.6. The molecule has 0 N–H and O–H groups in total. The van der Waals surface area contributed by atoms with Gasteiger partial charge in [0.05, 0.1) is 4.90 Å². The summed E-state index contributed by atoms with van der Waals surface area (Å²) in [6.45, 7) is 4.30. The number of carbonyl (C=O) groups excluding carboxylic acids is 2. The molecule has 1 heterocycles. The molecular weight excluding hydrogens is 328 g/mol. The lowest BCUT2D eigenvalue weighted by Crippen LogP contribution is -2.37.